The van der Waals surface area contributed by atoms with Crippen molar-refractivity contribution in [2.75, 3.05) is 5.75 Å². The largest absolute Gasteiger partial charge is 0.481 e. The minimum Gasteiger partial charge on any atom is -0.481 e. The number of rotatable bonds is 9. The number of thiol groups is 1. The molecule has 1 amide bonds. The van der Waals surface area contributed by atoms with E-state index in [-0.39, 0.29) is 5.91 Å². The Balaban J connectivity index is 2.20. The van der Waals surface area contributed by atoms with E-state index in [1.807, 2.05) is 60.7 Å². The molecular formula is C20H23NO3S. The molecule has 2 atom stereocenters. The molecule has 2 aromatic carbocycles. The second-order valence-corrected chi connectivity index (χ2v) is 6.35. The maximum Gasteiger partial charge on any atom is 0.307 e. The summed E-state index contributed by atoms with van der Waals surface area (Å²) >= 11 is 4.17. The molecule has 0 spiro atoms. The van der Waals surface area contributed by atoms with E-state index in [9.17, 15) is 14.7 Å². The van der Waals surface area contributed by atoms with E-state index in [1.165, 1.54) is 0 Å². The third-order valence-electron chi connectivity index (χ3n) is 4.14. The number of benzene rings is 2. The van der Waals surface area contributed by atoms with Gasteiger partial charge in [0.15, 0.2) is 0 Å². The molecule has 25 heavy (non-hydrogen) atoms. The summed E-state index contributed by atoms with van der Waals surface area (Å²) in [6.07, 6.45) is 1.06. The first-order chi connectivity index (χ1) is 12.1. The zero-order valence-electron chi connectivity index (χ0n) is 14.0. The van der Waals surface area contributed by atoms with Gasteiger partial charge in [-0.2, -0.15) is 12.6 Å². The quantitative estimate of drug-likeness (QED) is 0.602. The van der Waals surface area contributed by atoms with Crippen molar-refractivity contribution >= 4 is 24.5 Å². The van der Waals surface area contributed by atoms with Crippen LogP contribution in [-0.2, 0) is 16.1 Å². The second kappa shape index (κ2) is 9.89. The highest BCUT2D eigenvalue weighted by Crippen LogP contribution is 2.29. The molecule has 0 heterocycles. The van der Waals surface area contributed by atoms with E-state index < -0.39 is 17.8 Å². The van der Waals surface area contributed by atoms with Crippen LogP contribution in [0.25, 0.3) is 0 Å². The fourth-order valence-electron chi connectivity index (χ4n) is 2.87. The van der Waals surface area contributed by atoms with E-state index in [0.717, 1.165) is 11.1 Å². The van der Waals surface area contributed by atoms with Crippen LogP contribution < -0.4 is 5.32 Å². The summed E-state index contributed by atoms with van der Waals surface area (Å²) in [6, 6.07) is 18.7. The van der Waals surface area contributed by atoms with Crippen molar-refractivity contribution < 1.29 is 14.7 Å². The van der Waals surface area contributed by atoms with Crippen molar-refractivity contribution in [3.05, 3.63) is 71.8 Å². The lowest BCUT2D eigenvalue weighted by molar-refractivity contribution is -0.145. The minimum atomic E-state index is -0.953. The Kier molecular flexibility index (Phi) is 7.54. The van der Waals surface area contributed by atoms with Crippen molar-refractivity contribution in [1.82, 2.24) is 5.32 Å². The fourth-order valence-corrected chi connectivity index (χ4v) is 3.05. The molecule has 0 aliphatic rings. The smallest absolute Gasteiger partial charge is 0.307 e. The lowest BCUT2D eigenvalue weighted by atomic mass is 9.82. The molecule has 0 radical (unpaired) electrons. The average Bonchev–Trinajstić information content (AvgIpc) is 2.64. The third-order valence-corrected chi connectivity index (χ3v) is 4.46. The molecule has 0 aromatic heterocycles. The second-order valence-electron chi connectivity index (χ2n) is 5.90. The lowest BCUT2D eigenvalue weighted by Crippen LogP contribution is -2.36. The first-order valence-corrected chi connectivity index (χ1v) is 8.97. The van der Waals surface area contributed by atoms with Gasteiger partial charge in [-0.25, -0.2) is 0 Å². The van der Waals surface area contributed by atoms with Gasteiger partial charge in [-0.1, -0.05) is 60.7 Å². The molecular weight excluding hydrogens is 334 g/mol. The zero-order chi connectivity index (χ0) is 18.1. The number of carbonyl (C=O) groups excluding carboxylic acids is 1. The van der Waals surface area contributed by atoms with Crippen LogP contribution in [0.2, 0.25) is 0 Å². The average molecular weight is 357 g/mol. The van der Waals surface area contributed by atoms with Crippen LogP contribution in [0, 0.1) is 5.92 Å². The molecule has 2 aromatic rings. The number of nitrogens with one attached hydrogen (secondary N) is 1. The van der Waals surface area contributed by atoms with Gasteiger partial charge in [0.25, 0.3) is 0 Å². The SMILES string of the molecule is O=C(O)C(CCCS)C(C(=O)NCc1ccccc1)c1ccccc1. The molecule has 2 N–H and O–H groups in total. The molecule has 132 valence electrons. The Bertz CT molecular complexity index is 676. The van der Waals surface area contributed by atoms with Crippen LogP contribution in [0.4, 0.5) is 0 Å². The number of hydrogen-bond acceptors (Lipinski definition) is 3. The van der Waals surface area contributed by atoms with Gasteiger partial charge in [0.2, 0.25) is 5.91 Å². The van der Waals surface area contributed by atoms with Crippen LogP contribution in [0.15, 0.2) is 60.7 Å². The van der Waals surface area contributed by atoms with Gasteiger partial charge in [-0.15, -0.1) is 0 Å². The van der Waals surface area contributed by atoms with Gasteiger partial charge in [0.05, 0.1) is 11.8 Å². The summed E-state index contributed by atoms with van der Waals surface area (Å²) in [6.45, 7) is 0.377. The Morgan fingerprint density at radius 1 is 1.00 bits per heavy atom. The van der Waals surface area contributed by atoms with E-state index >= 15 is 0 Å². The van der Waals surface area contributed by atoms with Gasteiger partial charge in [-0.3, -0.25) is 9.59 Å². The first-order valence-electron chi connectivity index (χ1n) is 8.33. The molecule has 0 aliphatic carbocycles. The summed E-state index contributed by atoms with van der Waals surface area (Å²) in [5.41, 5.74) is 1.70. The number of amides is 1. The standard InChI is InChI=1S/C20H23NO3S/c22-19(21-14-15-8-3-1-4-9-15)18(16-10-5-2-6-11-16)17(20(23)24)12-7-13-25/h1-6,8-11,17-18,25H,7,12-14H2,(H,21,22)(H,23,24). The van der Waals surface area contributed by atoms with Gasteiger partial charge in [0, 0.05) is 6.54 Å². The van der Waals surface area contributed by atoms with E-state index in [0.29, 0.717) is 25.1 Å². The van der Waals surface area contributed by atoms with Gasteiger partial charge in [0.1, 0.15) is 0 Å². The zero-order valence-corrected chi connectivity index (χ0v) is 14.9. The molecule has 5 heteroatoms. The summed E-state index contributed by atoms with van der Waals surface area (Å²) in [7, 11) is 0. The Morgan fingerprint density at radius 3 is 2.16 bits per heavy atom. The van der Waals surface area contributed by atoms with Crippen LogP contribution >= 0.6 is 12.6 Å². The summed E-state index contributed by atoms with van der Waals surface area (Å²) in [4.78, 5) is 24.6. The highest BCUT2D eigenvalue weighted by atomic mass is 32.1. The minimum absolute atomic E-state index is 0.262. The summed E-state index contributed by atoms with van der Waals surface area (Å²) in [5, 5.41) is 12.5. The molecule has 4 nitrogen and oxygen atoms in total. The maximum absolute atomic E-state index is 12.8. The predicted octanol–water partition coefficient (Wildman–Crippen LogP) is 3.50. The molecule has 0 saturated heterocycles. The van der Waals surface area contributed by atoms with E-state index in [2.05, 4.69) is 17.9 Å². The van der Waals surface area contributed by atoms with Crippen molar-refractivity contribution in [3.8, 4) is 0 Å². The van der Waals surface area contributed by atoms with E-state index in [1.54, 1.807) is 0 Å². The van der Waals surface area contributed by atoms with E-state index in [4.69, 9.17) is 0 Å². The van der Waals surface area contributed by atoms with Crippen molar-refractivity contribution in [1.29, 1.82) is 0 Å². The predicted molar refractivity (Wildman–Crippen MR) is 102 cm³/mol. The third kappa shape index (κ3) is 5.64. The molecule has 0 aliphatic heterocycles. The van der Waals surface area contributed by atoms with Crippen molar-refractivity contribution in [2.24, 2.45) is 5.92 Å². The molecule has 0 saturated carbocycles. The van der Waals surface area contributed by atoms with Crippen molar-refractivity contribution in [2.45, 2.75) is 25.3 Å². The fraction of sp³-hybridized carbons (Fsp3) is 0.300. The maximum atomic E-state index is 12.8. The number of carboxylic acid groups (broad SMARTS) is 1. The molecule has 0 bridgehead atoms. The monoisotopic (exact) mass is 357 g/mol. The first kappa shape index (κ1) is 19.1. The molecule has 2 rings (SSSR count). The number of carbonyl (C=O) groups is 2. The summed E-state index contributed by atoms with van der Waals surface area (Å²) < 4.78 is 0. The van der Waals surface area contributed by atoms with Crippen molar-refractivity contribution in [3.63, 3.8) is 0 Å². The normalized spacial score (nSPS) is 13.0. The van der Waals surface area contributed by atoms with Crippen LogP contribution in [0.3, 0.4) is 0 Å². The lowest BCUT2D eigenvalue weighted by Gasteiger charge is -2.24. The van der Waals surface area contributed by atoms with Crippen LogP contribution in [0.1, 0.15) is 29.9 Å². The number of aliphatic carboxylic acids is 1. The Hall–Kier alpha value is -2.27. The topological polar surface area (TPSA) is 66.4 Å². The van der Waals surface area contributed by atoms with Crippen LogP contribution in [0.5, 0.6) is 0 Å². The van der Waals surface area contributed by atoms with Crippen LogP contribution in [-0.4, -0.2) is 22.7 Å². The number of carboxylic acids is 1. The van der Waals surface area contributed by atoms with Gasteiger partial charge < -0.3 is 10.4 Å². The van der Waals surface area contributed by atoms with Gasteiger partial charge in [-0.05, 0) is 29.7 Å². The Labute approximate surface area is 153 Å². The summed E-state index contributed by atoms with van der Waals surface area (Å²) in [5.74, 6) is -2.11. The highest BCUT2D eigenvalue weighted by molar-refractivity contribution is 7.80. The Morgan fingerprint density at radius 2 is 1.60 bits per heavy atom. The highest BCUT2D eigenvalue weighted by Gasteiger charge is 2.34. The molecule has 0 fully saturated rings. The molecule has 2 unspecified atom stereocenters. The van der Waals surface area contributed by atoms with Gasteiger partial charge >= 0.3 is 5.97 Å². The number of hydrogen-bond donors (Lipinski definition) is 3.